The second-order valence-electron chi connectivity index (χ2n) is 4.02. The van der Waals surface area contributed by atoms with Gasteiger partial charge in [0, 0.05) is 5.56 Å². The average Bonchev–Trinajstić information content (AvgIpc) is 2.75. The second kappa shape index (κ2) is 3.66. The third-order valence-electron chi connectivity index (χ3n) is 2.93. The second-order valence-corrected chi connectivity index (χ2v) is 7.12. The number of rotatable bonds is 0. The number of thiophene rings is 1. The first kappa shape index (κ1) is 11.0. The Morgan fingerprint density at radius 1 is 1.18 bits per heavy atom. The minimum absolute atomic E-state index is 0.0340. The van der Waals surface area contributed by atoms with Gasteiger partial charge in [-0.05, 0) is 22.6 Å². The summed E-state index contributed by atoms with van der Waals surface area (Å²) in [5.41, 5.74) is 1.87. The fourth-order valence-corrected chi connectivity index (χ4v) is 5.06. The minimum atomic E-state index is -3.32. The molecule has 17 heavy (non-hydrogen) atoms. The van der Waals surface area contributed by atoms with E-state index in [2.05, 4.69) is 0 Å². The molecule has 0 saturated heterocycles. The highest BCUT2D eigenvalue weighted by Crippen LogP contribution is 2.38. The largest absolute Gasteiger partial charge is 0.384 e. The lowest BCUT2D eigenvalue weighted by atomic mass is 10.00. The van der Waals surface area contributed by atoms with Crippen molar-refractivity contribution in [3.05, 3.63) is 52.4 Å². The van der Waals surface area contributed by atoms with Crippen molar-refractivity contribution in [2.24, 2.45) is 0 Å². The highest BCUT2D eigenvalue weighted by atomic mass is 32.2. The van der Waals surface area contributed by atoms with Gasteiger partial charge in [0.2, 0.25) is 0 Å². The molecule has 2 heterocycles. The summed E-state index contributed by atoms with van der Waals surface area (Å²) >= 11 is 1.17. The first-order valence-corrected chi connectivity index (χ1v) is 7.69. The Kier molecular flexibility index (Phi) is 2.36. The molecule has 88 valence electrons. The maximum absolute atomic E-state index is 12.2. The zero-order valence-electron chi connectivity index (χ0n) is 8.83. The molecule has 1 aliphatic heterocycles. The fraction of sp³-hybridized carbons (Fsp3) is 0.167. The zero-order chi connectivity index (χ0) is 12.0. The lowest BCUT2D eigenvalue weighted by molar-refractivity contribution is 0.218. The number of aliphatic hydroxyl groups excluding tert-OH is 1. The van der Waals surface area contributed by atoms with Crippen LogP contribution in [0, 0.1) is 0 Å². The van der Waals surface area contributed by atoms with Gasteiger partial charge in [0.15, 0.2) is 9.84 Å². The van der Waals surface area contributed by atoms with E-state index in [1.54, 1.807) is 29.6 Å². The number of hydrogen-bond acceptors (Lipinski definition) is 4. The minimum Gasteiger partial charge on any atom is -0.384 e. The van der Waals surface area contributed by atoms with Gasteiger partial charge in [-0.25, -0.2) is 8.42 Å². The predicted molar refractivity (Wildman–Crippen MR) is 65.7 cm³/mol. The van der Waals surface area contributed by atoms with E-state index in [9.17, 15) is 13.5 Å². The molecular weight excluding hydrogens is 256 g/mol. The topological polar surface area (TPSA) is 54.4 Å². The summed E-state index contributed by atoms with van der Waals surface area (Å²) in [4.78, 5) is 0. The third kappa shape index (κ3) is 1.62. The van der Waals surface area contributed by atoms with E-state index in [0.29, 0.717) is 20.9 Å². The zero-order valence-corrected chi connectivity index (χ0v) is 10.5. The summed E-state index contributed by atoms with van der Waals surface area (Å²) in [5.74, 6) is -0.0340. The van der Waals surface area contributed by atoms with Crippen LogP contribution in [0.1, 0.15) is 22.8 Å². The molecule has 0 amide bonds. The molecule has 3 nitrogen and oxygen atoms in total. The first-order valence-electron chi connectivity index (χ1n) is 5.15. The summed E-state index contributed by atoms with van der Waals surface area (Å²) in [6, 6.07) is 8.83. The number of fused-ring (bicyclic) bond motifs is 2. The van der Waals surface area contributed by atoms with Crippen LogP contribution in [0.15, 0.2) is 39.9 Å². The Morgan fingerprint density at radius 3 is 2.76 bits per heavy atom. The summed E-state index contributed by atoms with van der Waals surface area (Å²) in [6.07, 6.45) is -0.843. The Morgan fingerprint density at radius 2 is 1.94 bits per heavy atom. The molecule has 1 aromatic heterocycles. The van der Waals surface area contributed by atoms with E-state index in [4.69, 9.17) is 0 Å². The van der Waals surface area contributed by atoms with Crippen LogP contribution in [-0.2, 0) is 15.6 Å². The monoisotopic (exact) mass is 266 g/mol. The molecule has 1 unspecified atom stereocenters. The Hall–Kier alpha value is -1.17. The van der Waals surface area contributed by atoms with Crippen molar-refractivity contribution >= 4 is 21.2 Å². The molecule has 3 rings (SSSR count). The van der Waals surface area contributed by atoms with Crippen LogP contribution in [0.5, 0.6) is 0 Å². The number of hydrogen-bond donors (Lipinski definition) is 1. The molecule has 1 atom stereocenters. The molecule has 0 saturated carbocycles. The highest BCUT2D eigenvalue weighted by molar-refractivity contribution is 7.92. The third-order valence-corrected chi connectivity index (χ3v) is 6.19. The Balaban J connectivity index is 2.34. The van der Waals surface area contributed by atoms with Crippen molar-refractivity contribution in [2.45, 2.75) is 16.1 Å². The van der Waals surface area contributed by atoms with Gasteiger partial charge in [0.25, 0.3) is 0 Å². The lowest BCUT2D eigenvalue weighted by Gasteiger charge is -2.10. The summed E-state index contributed by atoms with van der Waals surface area (Å²) < 4.78 is 24.6. The van der Waals surface area contributed by atoms with Crippen molar-refractivity contribution in [2.75, 3.05) is 0 Å². The molecule has 0 aliphatic carbocycles. The molecule has 5 heteroatoms. The maximum atomic E-state index is 12.2. The molecule has 0 fully saturated rings. The van der Waals surface area contributed by atoms with E-state index < -0.39 is 15.9 Å². The lowest BCUT2D eigenvalue weighted by Crippen LogP contribution is -2.02. The number of benzene rings is 1. The molecule has 0 radical (unpaired) electrons. The summed E-state index contributed by atoms with van der Waals surface area (Å²) in [5, 5.41) is 12.0. The van der Waals surface area contributed by atoms with Crippen LogP contribution in [-0.4, -0.2) is 13.5 Å². The van der Waals surface area contributed by atoms with Crippen molar-refractivity contribution in [3.63, 3.8) is 0 Å². The first-order chi connectivity index (χ1) is 8.09. The van der Waals surface area contributed by atoms with Gasteiger partial charge in [0.1, 0.15) is 10.3 Å². The van der Waals surface area contributed by atoms with Crippen LogP contribution in [0.4, 0.5) is 0 Å². The van der Waals surface area contributed by atoms with Gasteiger partial charge in [0.05, 0.1) is 5.75 Å². The Bertz CT molecular complexity index is 671. The van der Waals surface area contributed by atoms with Gasteiger partial charge in [-0.3, -0.25) is 0 Å². The molecule has 0 spiro atoms. The van der Waals surface area contributed by atoms with Crippen LogP contribution in [0.25, 0.3) is 0 Å². The molecular formula is C12H10O3S2. The molecule has 0 bridgehead atoms. The quantitative estimate of drug-likeness (QED) is 0.794. The molecule has 1 aliphatic rings. The number of sulfone groups is 1. The van der Waals surface area contributed by atoms with Gasteiger partial charge >= 0.3 is 0 Å². The van der Waals surface area contributed by atoms with Gasteiger partial charge in [-0.15, -0.1) is 11.3 Å². The summed E-state index contributed by atoms with van der Waals surface area (Å²) in [6.45, 7) is 0. The molecule has 2 aromatic rings. The standard InChI is InChI=1S/C12H10O3S2/c13-11-9-4-2-1-3-8(9)7-17(14,15)12-10(11)5-6-16-12/h1-6,11,13H,7H2. The van der Waals surface area contributed by atoms with Crippen LogP contribution >= 0.6 is 11.3 Å². The van der Waals surface area contributed by atoms with Crippen LogP contribution in [0.2, 0.25) is 0 Å². The summed E-state index contributed by atoms with van der Waals surface area (Å²) in [7, 11) is -3.32. The SMILES string of the molecule is O=S1(=O)Cc2ccccc2C(O)c2ccsc21. The van der Waals surface area contributed by atoms with E-state index in [1.165, 1.54) is 11.3 Å². The average molecular weight is 266 g/mol. The maximum Gasteiger partial charge on any atom is 0.192 e. The van der Waals surface area contributed by atoms with Crippen LogP contribution in [0.3, 0.4) is 0 Å². The Labute approximate surface area is 103 Å². The van der Waals surface area contributed by atoms with Crippen LogP contribution < -0.4 is 0 Å². The van der Waals surface area contributed by atoms with E-state index in [1.807, 2.05) is 6.07 Å². The van der Waals surface area contributed by atoms with Crippen molar-refractivity contribution in [3.8, 4) is 0 Å². The highest BCUT2D eigenvalue weighted by Gasteiger charge is 2.31. The van der Waals surface area contributed by atoms with Crippen molar-refractivity contribution in [1.82, 2.24) is 0 Å². The molecule has 1 N–H and O–H groups in total. The van der Waals surface area contributed by atoms with Gasteiger partial charge < -0.3 is 5.11 Å². The predicted octanol–water partition coefficient (Wildman–Crippen LogP) is 2.12. The van der Waals surface area contributed by atoms with Crippen molar-refractivity contribution < 1.29 is 13.5 Å². The van der Waals surface area contributed by atoms with E-state index in [0.717, 1.165) is 0 Å². The van der Waals surface area contributed by atoms with Crippen molar-refractivity contribution in [1.29, 1.82) is 0 Å². The molecule has 1 aromatic carbocycles. The normalized spacial score (nSPS) is 21.4. The van der Waals surface area contributed by atoms with E-state index in [-0.39, 0.29) is 5.75 Å². The van der Waals surface area contributed by atoms with E-state index >= 15 is 0 Å². The van der Waals surface area contributed by atoms with Gasteiger partial charge in [-0.1, -0.05) is 24.3 Å². The fourth-order valence-electron chi connectivity index (χ4n) is 2.13. The smallest absolute Gasteiger partial charge is 0.192 e. The number of aliphatic hydroxyl groups is 1. The van der Waals surface area contributed by atoms with Gasteiger partial charge in [-0.2, -0.15) is 0 Å².